The highest BCUT2D eigenvalue weighted by Gasteiger charge is 2.28. The number of fused-ring (bicyclic) bond motifs is 1. The molecule has 176 valence electrons. The third-order valence-corrected chi connectivity index (χ3v) is 6.77. The molecule has 0 heterocycles. The first kappa shape index (κ1) is 24.7. The lowest BCUT2D eigenvalue weighted by Gasteiger charge is -2.15. The Kier molecular flexibility index (Phi) is 8.43. The van der Waals surface area contributed by atoms with E-state index in [1.165, 1.54) is 12.1 Å². The van der Waals surface area contributed by atoms with E-state index in [9.17, 15) is 13.2 Å². The average Bonchev–Trinajstić information content (AvgIpc) is 3.08. The van der Waals surface area contributed by atoms with E-state index in [1.54, 1.807) is 12.1 Å². The van der Waals surface area contributed by atoms with Crippen LogP contribution < -0.4 is 5.32 Å². The summed E-state index contributed by atoms with van der Waals surface area (Å²) in [5.74, 6) is -0.0340. The van der Waals surface area contributed by atoms with Gasteiger partial charge < -0.3 is 14.8 Å². The molecular weight excluding hydrogens is 442 g/mol. The first-order chi connectivity index (χ1) is 15.8. The SMILES string of the molecule is C=CC1=C(C)c2ccccc2C1COC(=O)NCCOCCOS(=O)(=O)c1ccc(C)cc1. The lowest BCUT2D eigenvalue weighted by molar-refractivity contribution is 0.0989. The Hall–Kier alpha value is -2.94. The average molecular weight is 472 g/mol. The van der Waals surface area contributed by atoms with Crippen molar-refractivity contribution in [3.05, 3.63) is 83.4 Å². The van der Waals surface area contributed by atoms with E-state index < -0.39 is 16.2 Å². The highest BCUT2D eigenvalue weighted by molar-refractivity contribution is 7.86. The first-order valence-corrected chi connectivity index (χ1v) is 12.1. The number of hydrogen-bond acceptors (Lipinski definition) is 6. The molecule has 0 bridgehead atoms. The van der Waals surface area contributed by atoms with Gasteiger partial charge in [-0.1, -0.05) is 54.6 Å². The molecule has 0 radical (unpaired) electrons. The second-order valence-electron chi connectivity index (χ2n) is 7.65. The number of nitrogens with one attached hydrogen (secondary N) is 1. The molecule has 1 amide bonds. The normalized spacial score (nSPS) is 15.3. The van der Waals surface area contributed by atoms with E-state index in [-0.39, 0.29) is 43.8 Å². The van der Waals surface area contributed by atoms with Crippen LogP contribution >= 0.6 is 0 Å². The van der Waals surface area contributed by atoms with Gasteiger partial charge in [-0.2, -0.15) is 8.42 Å². The summed E-state index contributed by atoms with van der Waals surface area (Å²) in [5, 5.41) is 2.63. The Bertz CT molecular complexity index is 1120. The van der Waals surface area contributed by atoms with Crippen LogP contribution in [0.25, 0.3) is 5.57 Å². The summed E-state index contributed by atoms with van der Waals surface area (Å²) in [6.07, 6.45) is 1.28. The highest BCUT2D eigenvalue weighted by Crippen LogP contribution is 2.42. The summed E-state index contributed by atoms with van der Waals surface area (Å²) in [7, 11) is -3.81. The van der Waals surface area contributed by atoms with Crippen molar-refractivity contribution in [2.75, 3.05) is 33.0 Å². The van der Waals surface area contributed by atoms with Crippen molar-refractivity contribution >= 4 is 21.8 Å². The number of hydrogen-bond donors (Lipinski definition) is 1. The number of aryl methyl sites for hydroxylation is 1. The molecule has 0 spiro atoms. The fourth-order valence-electron chi connectivity index (χ4n) is 3.71. The lowest BCUT2D eigenvalue weighted by Crippen LogP contribution is -2.29. The molecule has 1 unspecified atom stereocenters. The van der Waals surface area contributed by atoms with Gasteiger partial charge in [-0.25, -0.2) is 4.79 Å². The minimum atomic E-state index is -3.81. The zero-order valence-electron chi connectivity index (χ0n) is 18.9. The molecule has 0 aromatic heterocycles. The fraction of sp³-hybridized carbons (Fsp3) is 0.320. The van der Waals surface area contributed by atoms with Crippen molar-refractivity contribution in [2.45, 2.75) is 24.7 Å². The number of ether oxygens (including phenoxy) is 2. The molecule has 0 saturated heterocycles. The van der Waals surface area contributed by atoms with E-state index in [1.807, 2.05) is 38.1 Å². The van der Waals surface area contributed by atoms with Gasteiger partial charge >= 0.3 is 6.09 Å². The summed E-state index contributed by atoms with van der Waals surface area (Å²) in [6.45, 7) is 8.42. The standard InChI is InChI=1S/C25H29NO6S/c1-4-21-19(3)22-7-5-6-8-23(22)24(21)17-31-25(27)26-13-14-30-15-16-32-33(28,29)20-11-9-18(2)10-12-20/h4-12,24H,1,13-17H2,2-3H3,(H,26,27). The van der Waals surface area contributed by atoms with Crippen LogP contribution in [0.2, 0.25) is 0 Å². The van der Waals surface area contributed by atoms with Gasteiger partial charge in [-0.15, -0.1) is 0 Å². The minimum absolute atomic E-state index is 0.0340. The van der Waals surface area contributed by atoms with E-state index >= 15 is 0 Å². The molecule has 1 N–H and O–H groups in total. The molecule has 0 aliphatic heterocycles. The van der Waals surface area contributed by atoms with Gasteiger partial charge in [0.25, 0.3) is 10.1 Å². The van der Waals surface area contributed by atoms with Gasteiger partial charge in [-0.05, 0) is 48.3 Å². The first-order valence-electron chi connectivity index (χ1n) is 10.7. The second kappa shape index (κ2) is 11.3. The molecular formula is C25H29NO6S. The Morgan fingerprint density at radius 3 is 2.52 bits per heavy atom. The largest absolute Gasteiger partial charge is 0.449 e. The minimum Gasteiger partial charge on any atom is -0.449 e. The maximum atomic E-state index is 12.1. The number of alkyl carbamates (subject to hydrolysis) is 1. The lowest BCUT2D eigenvalue weighted by atomic mass is 9.97. The topological polar surface area (TPSA) is 90.9 Å². The van der Waals surface area contributed by atoms with Crippen LogP contribution in [0.3, 0.4) is 0 Å². The predicted molar refractivity (Wildman–Crippen MR) is 126 cm³/mol. The molecule has 1 aliphatic carbocycles. The van der Waals surface area contributed by atoms with Crippen molar-refractivity contribution in [3.8, 4) is 0 Å². The number of allylic oxidation sites excluding steroid dienone is 2. The summed E-state index contributed by atoms with van der Waals surface area (Å²) in [4.78, 5) is 12.2. The molecule has 2 aromatic rings. The molecule has 0 fully saturated rings. The van der Waals surface area contributed by atoms with Crippen molar-refractivity contribution in [1.29, 1.82) is 0 Å². The molecule has 8 heteroatoms. The molecule has 0 saturated carbocycles. The molecule has 33 heavy (non-hydrogen) atoms. The number of rotatable bonds is 11. The Morgan fingerprint density at radius 2 is 1.79 bits per heavy atom. The van der Waals surface area contributed by atoms with Crippen molar-refractivity contribution in [3.63, 3.8) is 0 Å². The summed E-state index contributed by atoms with van der Waals surface area (Å²) < 4.78 is 39.9. The number of amides is 1. The predicted octanol–water partition coefficient (Wildman–Crippen LogP) is 4.20. The van der Waals surface area contributed by atoms with Gasteiger partial charge in [0.2, 0.25) is 0 Å². The number of carbonyl (C=O) groups excluding carboxylic acids is 1. The third-order valence-electron chi connectivity index (χ3n) is 5.44. The Balaban J connectivity index is 1.33. The van der Waals surface area contributed by atoms with E-state index in [4.69, 9.17) is 13.7 Å². The van der Waals surface area contributed by atoms with E-state index in [0.717, 1.165) is 27.8 Å². The van der Waals surface area contributed by atoms with Crippen LogP contribution in [0.1, 0.15) is 29.5 Å². The zero-order chi connectivity index (χ0) is 23.8. The number of benzene rings is 2. The van der Waals surface area contributed by atoms with Crippen LogP contribution in [-0.2, 0) is 23.8 Å². The van der Waals surface area contributed by atoms with Crippen LogP contribution in [-0.4, -0.2) is 47.5 Å². The van der Waals surface area contributed by atoms with Crippen LogP contribution in [0.4, 0.5) is 4.79 Å². The van der Waals surface area contributed by atoms with Crippen LogP contribution in [0.5, 0.6) is 0 Å². The summed E-state index contributed by atoms with van der Waals surface area (Å²) in [6, 6.07) is 14.5. The van der Waals surface area contributed by atoms with Gasteiger partial charge in [0.05, 0.1) is 24.7 Å². The van der Waals surface area contributed by atoms with Crippen LogP contribution in [0.15, 0.2) is 71.7 Å². The fourth-order valence-corrected chi connectivity index (χ4v) is 4.61. The second-order valence-corrected chi connectivity index (χ2v) is 9.27. The molecule has 3 rings (SSSR count). The summed E-state index contributed by atoms with van der Waals surface area (Å²) in [5.41, 5.74) is 5.45. The Labute approximate surface area is 195 Å². The van der Waals surface area contributed by atoms with E-state index in [0.29, 0.717) is 0 Å². The number of carbonyl (C=O) groups is 1. The van der Waals surface area contributed by atoms with Crippen molar-refractivity contribution in [1.82, 2.24) is 5.32 Å². The third kappa shape index (κ3) is 6.31. The quantitative estimate of drug-likeness (QED) is 0.390. The molecule has 2 aromatic carbocycles. The van der Waals surface area contributed by atoms with Gasteiger partial charge in [0.1, 0.15) is 6.61 Å². The van der Waals surface area contributed by atoms with E-state index in [2.05, 4.69) is 18.0 Å². The zero-order valence-corrected chi connectivity index (χ0v) is 19.7. The van der Waals surface area contributed by atoms with Gasteiger partial charge in [0.15, 0.2) is 0 Å². The summed E-state index contributed by atoms with van der Waals surface area (Å²) >= 11 is 0. The molecule has 7 nitrogen and oxygen atoms in total. The monoisotopic (exact) mass is 471 g/mol. The molecule has 1 aliphatic rings. The maximum absolute atomic E-state index is 12.1. The Morgan fingerprint density at radius 1 is 1.06 bits per heavy atom. The maximum Gasteiger partial charge on any atom is 0.407 e. The van der Waals surface area contributed by atoms with Crippen LogP contribution in [0, 0.1) is 6.92 Å². The smallest absolute Gasteiger partial charge is 0.407 e. The molecule has 1 atom stereocenters. The van der Waals surface area contributed by atoms with Crippen molar-refractivity contribution < 1.29 is 26.9 Å². The van der Waals surface area contributed by atoms with Gasteiger partial charge in [0, 0.05) is 12.5 Å². The van der Waals surface area contributed by atoms with Crippen molar-refractivity contribution in [2.24, 2.45) is 0 Å². The highest BCUT2D eigenvalue weighted by atomic mass is 32.2. The van der Waals surface area contributed by atoms with Gasteiger partial charge in [-0.3, -0.25) is 4.18 Å².